The van der Waals surface area contributed by atoms with Crippen LogP contribution >= 0.6 is 11.6 Å². The van der Waals surface area contributed by atoms with Crippen molar-refractivity contribution in [3.8, 4) is 5.75 Å². The van der Waals surface area contributed by atoms with Gasteiger partial charge in [0, 0.05) is 11.6 Å². The minimum absolute atomic E-state index is 0.113. The van der Waals surface area contributed by atoms with E-state index in [0.717, 1.165) is 31.9 Å². The van der Waals surface area contributed by atoms with Crippen LogP contribution in [0, 0.1) is 11.6 Å². The Balaban J connectivity index is 2.29. The summed E-state index contributed by atoms with van der Waals surface area (Å²) >= 11 is 5.87. The highest BCUT2D eigenvalue weighted by atomic mass is 35.5. The van der Waals surface area contributed by atoms with Gasteiger partial charge < -0.3 is 10.1 Å². The van der Waals surface area contributed by atoms with Gasteiger partial charge in [0.2, 0.25) is 0 Å². The van der Waals surface area contributed by atoms with Gasteiger partial charge in [0.15, 0.2) is 11.6 Å². The van der Waals surface area contributed by atoms with Crippen molar-refractivity contribution in [1.82, 2.24) is 5.32 Å². The molecule has 1 aliphatic rings. The topological polar surface area (TPSA) is 21.3 Å². The Morgan fingerprint density at radius 2 is 2.22 bits per heavy atom. The number of halogens is 3. The molecule has 1 N–H and O–H groups in total. The molecule has 0 bridgehead atoms. The van der Waals surface area contributed by atoms with E-state index in [1.165, 1.54) is 7.11 Å². The van der Waals surface area contributed by atoms with E-state index in [4.69, 9.17) is 16.3 Å². The SMILES string of the molecule is COc1c(Cl)cc(F)c(F)c1CC1CCCCN1. The molecule has 1 atom stereocenters. The zero-order valence-corrected chi connectivity index (χ0v) is 11.0. The summed E-state index contributed by atoms with van der Waals surface area (Å²) in [7, 11) is 1.41. The highest BCUT2D eigenvalue weighted by Gasteiger charge is 2.22. The van der Waals surface area contributed by atoms with Crippen LogP contribution in [0.3, 0.4) is 0 Å². The van der Waals surface area contributed by atoms with Gasteiger partial charge in [-0.1, -0.05) is 18.0 Å². The van der Waals surface area contributed by atoms with Gasteiger partial charge in [-0.25, -0.2) is 8.78 Å². The number of rotatable bonds is 3. The lowest BCUT2D eigenvalue weighted by atomic mass is 9.97. The van der Waals surface area contributed by atoms with Gasteiger partial charge in [0.1, 0.15) is 5.75 Å². The van der Waals surface area contributed by atoms with Gasteiger partial charge >= 0.3 is 0 Å². The van der Waals surface area contributed by atoms with E-state index in [0.29, 0.717) is 6.42 Å². The number of hydrogen-bond donors (Lipinski definition) is 1. The predicted molar refractivity (Wildman–Crippen MR) is 67.3 cm³/mol. The van der Waals surface area contributed by atoms with E-state index in [-0.39, 0.29) is 22.4 Å². The normalized spacial score (nSPS) is 19.9. The van der Waals surface area contributed by atoms with Crippen LogP contribution in [0.25, 0.3) is 0 Å². The molecule has 0 spiro atoms. The van der Waals surface area contributed by atoms with Gasteiger partial charge in [-0.3, -0.25) is 0 Å². The fraction of sp³-hybridized carbons (Fsp3) is 0.538. The molecule has 0 amide bonds. The quantitative estimate of drug-likeness (QED) is 0.855. The van der Waals surface area contributed by atoms with Crippen LogP contribution in [0.4, 0.5) is 8.78 Å². The van der Waals surface area contributed by atoms with E-state index in [1.807, 2.05) is 0 Å². The molecular weight excluding hydrogens is 260 g/mol. The number of hydrogen-bond acceptors (Lipinski definition) is 2. The molecule has 1 unspecified atom stereocenters. The molecule has 1 saturated heterocycles. The molecular formula is C13H16ClF2NO. The Bertz CT molecular complexity index is 433. The third-order valence-electron chi connectivity index (χ3n) is 3.29. The second-order valence-electron chi connectivity index (χ2n) is 4.52. The maximum Gasteiger partial charge on any atom is 0.165 e. The lowest BCUT2D eigenvalue weighted by molar-refractivity contribution is 0.369. The van der Waals surface area contributed by atoms with Crippen molar-refractivity contribution < 1.29 is 13.5 Å². The first-order chi connectivity index (χ1) is 8.63. The van der Waals surface area contributed by atoms with E-state index in [2.05, 4.69) is 5.32 Å². The lowest BCUT2D eigenvalue weighted by Gasteiger charge is -2.24. The van der Waals surface area contributed by atoms with Gasteiger partial charge in [0.05, 0.1) is 12.1 Å². The highest BCUT2D eigenvalue weighted by Crippen LogP contribution is 2.33. The lowest BCUT2D eigenvalue weighted by Crippen LogP contribution is -2.36. The van der Waals surface area contributed by atoms with Crippen LogP contribution in [0.5, 0.6) is 5.75 Å². The van der Waals surface area contributed by atoms with Crippen LogP contribution in [-0.2, 0) is 6.42 Å². The van der Waals surface area contributed by atoms with Gasteiger partial charge in [0.25, 0.3) is 0 Å². The van der Waals surface area contributed by atoms with Crippen molar-refractivity contribution in [3.63, 3.8) is 0 Å². The summed E-state index contributed by atoms with van der Waals surface area (Å²) in [5.41, 5.74) is 0.224. The van der Waals surface area contributed by atoms with Crippen LogP contribution in [-0.4, -0.2) is 19.7 Å². The molecule has 0 radical (unpaired) electrons. The number of ether oxygens (including phenoxy) is 1. The molecule has 5 heteroatoms. The van der Waals surface area contributed by atoms with Crippen molar-refractivity contribution in [3.05, 3.63) is 28.3 Å². The van der Waals surface area contributed by atoms with Gasteiger partial charge in [-0.05, 0) is 31.9 Å². The number of piperidine rings is 1. The second kappa shape index (κ2) is 5.85. The standard InChI is InChI=1S/C13H16ClF2NO/c1-18-13-9(6-8-4-2-3-5-17-8)12(16)11(15)7-10(13)14/h7-8,17H,2-6H2,1H3. The first-order valence-corrected chi connectivity index (χ1v) is 6.45. The monoisotopic (exact) mass is 275 g/mol. The summed E-state index contributed by atoms with van der Waals surface area (Å²) in [5, 5.41) is 3.41. The Morgan fingerprint density at radius 1 is 1.44 bits per heavy atom. The fourth-order valence-corrected chi connectivity index (χ4v) is 2.66. The minimum atomic E-state index is -0.924. The molecule has 1 aromatic carbocycles. The molecule has 0 aromatic heterocycles. The molecule has 1 aliphatic heterocycles. The van der Waals surface area contributed by atoms with Crippen LogP contribution in [0.2, 0.25) is 5.02 Å². The van der Waals surface area contributed by atoms with Crippen molar-refractivity contribution in [2.75, 3.05) is 13.7 Å². The molecule has 0 aliphatic carbocycles. The first kappa shape index (κ1) is 13.6. The first-order valence-electron chi connectivity index (χ1n) is 6.07. The summed E-state index contributed by atoms with van der Waals surface area (Å²) in [4.78, 5) is 0. The summed E-state index contributed by atoms with van der Waals surface area (Å²) in [6.45, 7) is 0.914. The second-order valence-corrected chi connectivity index (χ2v) is 4.92. The largest absolute Gasteiger partial charge is 0.495 e. The number of benzene rings is 1. The number of methoxy groups -OCH3 is 1. The summed E-state index contributed by atoms with van der Waals surface area (Å²) in [5.74, 6) is -1.54. The molecule has 1 aromatic rings. The third-order valence-corrected chi connectivity index (χ3v) is 3.57. The molecule has 2 rings (SSSR count). The van der Waals surface area contributed by atoms with Crippen molar-refractivity contribution >= 4 is 11.6 Å². The molecule has 1 fully saturated rings. The average Bonchev–Trinajstić information content (AvgIpc) is 2.37. The highest BCUT2D eigenvalue weighted by molar-refractivity contribution is 6.32. The Morgan fingerprint density at radius 3 is 2.83 bits per heavy atom. The predicted octanol–water partition coefficient (Wildman–Crippen LogP) is 3.31. The summed E-state index contributed by atoms with van der Waals surface area (Å²) in [6.07, 6.45) is 3.58. The van der Waals surface area contributed by atoms with Crippen molar-refractivity contribution in [2.24, 2.45) is 0 Å². The van der Waals surface area contributed by atoms with E-state index in [9.17, 15) is 8.78 Å². The minimum Gasteiger partial charge on any atom is -0.495 e. The zero-order chi connectivity index (χ0) is 13.1. The maximum atomic E-state index is 13.8. The molecule has 1 heterocycles. The maximum absolute atomic E-state index is 13.8. The van der Waals surface area contributed by atoms with E-state index in [1.54, 1.807) is 0 Å². The van der Waals surface area contributed by atoms with Crippen LogP contribution in [0.1, 0.15) is 24.8 Å². The van der Waals surface area contributed by atoms with E-state index < -0.39 is 11.6 Å². The number of nitrogens with one attached hydrogen (secondary N) is 1. The zero-order valence-electron chi connectivity index (χ0n) is 10.2. The Labute approximate surface area is 110 Å². The summed E-state index contributed by atoms with van der Waals surface area (Å²) in [6, 6.07) is 1.10. The molecule has 2 nitrogen and oxygen atoms in total. The molecule has 100 valence electrons. The Hall–Kier alpha value is -0.870. The van der Waals surface area contributed by atoms with Crippen LogP contribution < -0.4 is 10.1 Å². The van der Waals surface area contributed by atoms with Crippen molar-refractivity contribution in [1.29, 1.82) is 0 Å². The third kappa shape index (κ3) is 2.75. The van der Waals surface area contributed by atoms with E-state index >= 15 is 0 Å². The summed E-state index contributed by atoms with van der Waals surface area (Å²) < 4.78 is 32.3. The smallest absolute Gasteiger partial charge is 0.165 e. The fourth-order valence-electron chi connectivity index (χ4n) is 2.38. The van der Waals surface area contributed by atoms with Gasteiger partial charge in [-0.15, -0.1) is 0 Å². The van der Waals surface area contributed by atoms with Crippen LogP contribution in [0.15, 0.2) is 6.07 Å². The molecule has 18 heavy (non-hydrogen) atoms. The molecule has 0 saturated carbocycles. The van der Waals surface area contributed by atoms with Gasteiger partial charge in [-0.2, -0.15) is 0 Å². The van der Waals surface area contributed by atoms with Crippen molar-refractivity contribution in [2.45, 2.75) is 31.7 Å². The Kier molecular flexibility index (Phi) is 4.40. The average molecular weight is 276 g/mol.